The molecule has 1 fully saturated rings. The monoisotopic (exact) mass is 441 g/mol. The molecule has 1 unspecified atom stereocenters. The van der Waals surface area contributed by atoms with E-state index in [2.05, 4.69) is 18.8 Å². The van der Waals surface area contributed by atoms with Crippen molar-refractivity contribution in [1.82, 2.24) is 14.8 Å². The molecule has 30 heavy (non-hydrogen) atoms. The Balaban J connectivity index is 1.51. The van der Waals surface area contributed by atoms with E-state index in [1.54, 1.807) is 4.90 Å². The third kappa shape index (κ3) is 4.33. The summed E-state index contributed by atoms with van der Waals surface area (Å²) in [5.74, 6) is 0.246. The van der Waals surface area contributed by atoms with Crippen LogP contribution in [0.3, 0.4) is 0 Å². The lowest BCUT2D eigenvalue weighted by atomic mass is 9.89. The second kappa shape index (κ2) is 8.08. The van der Waals surface area contributed by atoms with Crippen molar-refractivity contribution >= 4 is 28.4 Å². The Morgan fingerprint density at radius 3 is 2.70 bits per heavy atom. The number of nitrogens with zero attached hydrogens (tertiary/aromatic N) is 2. The highest BCUT2D eigenvalue weighted by molar-refractivity contribution is 6.31. The van der Waals surface area contributed by atoms with Crippen LogP contribution in [0.25, 0.3) is 10.9 Å². The van der Waals surface area contributed by atoms with E-state index in [4.69, 9.17) is 11.6 Å². The van der Waals surface area contributed by atoms with Crippen molar-refractivity contribution in [3.8, 4) is 0 Å². The van der Waals surface area contributed by atoms with Gasteiger partial charge in [0.1, 0.15) is 0 Å². The van der Waals surface area contributed by atoms with Gasteiger partial charge in [0.05, 0.1) is 18.4 Å². The van der Waals surface area contributed by atoms with E-state index in [1.807, 2.05) is 23.1 Å². The highest BCUT2D eigenvalue weighted by Crippen LogP contribution is 2.39. The van der Waals surface area contributed by atoms with Crippen LogP contribution in [-0.4, -0.2) is 53.0 Å². The Morgan fingerprint density at radius 1 is 1.30 bits per heavy atom. The highest BCUT2D eigenvalue weighted by Gasteiger charge is 2.41. The molecule has 1 amide bonds. The molecule has 2 aliphatic heterocycles. The molecule has 4 rings (SSSR count). The fourth-order valence-corrected chi connectivity index (χ4v) is 4.89. The molecular formula is C22H27ClF3N3O. The molecule has 0 saturated carbocycles. The Labute approximate surface area is 179 Å². The van der Waals surface area contributed by atoms with Crippen LogP contribution in [0, 0.1) is 11.8 Å². The summed E-state index contributed by atoms with van der Waals surface area (Å²) in [5, 5.41) is 1.80. The van der Waals surface area contributed by atoms with Crippen LogP contribution < -0.4 is 0 Å². The van der Waals surface area contributed by atoms with E-state index in [1.165, 1.54) is 5.56 Å². The minimum Gasteiger partial charge on any atom is -0.356 e. The second-order valence-corrected chi connectivity index (χ2v) is 9.39. The average Bonchev–Trinajstić information content (AvgIpc) is 2.97. The van der Waals surface area contributed by atoms with E-state index in [9.17, 15) is 18.0 Å². The summed E-state index contributed by atoms with van der Waals surface area (Å²) in [6.07, 6.45) is -3.39. The summed E-state index contributed by atoms with van der Waals surface area (Å²) < 4.78 is 37.3. The van der Waals surface area contributed by atoms with E-state index in [0.29, 0.717) is 30.6 Å². The summed E-state index contributed by atoms with van der Waals surface area (Å²) in [4.78, 5) is 20.4. The lowest BCUT2D eigenvalue weighted by molar-refractivity contribution is -0.150. The van der Waals surface area contributed by atoms with Crippen molar-refractivity contribution in [2.24, 2.45) is 11.8 Å². The van der Waals surface area contributed by atoms with Gasteiger partial charge in [0, 0.05) is 47.8 Å². The number of alkyl halides is 3. The number of carbonyl (C=O) groups excluding carboxylic acids is 1. The van der Waals surface area contributed by atoms with Crippen LogP contribution in [-0.2, 0) is 11.2 Å². The molecule has 0 aliphatic carbocycles. The molecule has 0 bridgehead atoms. The zero-order valence-electron chi connectivity index (χ0n) is 17.2. The minimum absolute atomic E-state index is 0.0321. The SMILES string of the molecule is CC(C)CC1c2[nH]c3ccc(Cl)cc3c2CCN1C(=O)C1CN(CCC(F)(F)F)C1. The molecular weight excluding hydrogens is 415 g/mol. The van der Waals surface area contributed by atoms with Gasteiger partial charge >= 0.3 is 6.18 Å². The first-order chi connectivity index (χ1) is 14.1. The van der Waals surface area contributed by atoms with Gasteiger partial charge in [-0.1, -0.05) is 25.4 Å². The first-order valence-corrected chi connectivity index (χ1v) is 10.9. The van der Waals surface area contributed by atoms with Crippen LogP contribution in [0.15, 0.2) is 18.2 Å². The van der Waals surface area contributed by atoms with Gasteiger partial charge in [0.25, 0.3) is 0 Å². The summed E-state index contributed by atoms with van der Waals surface area (Å²) >= 11 is 6.20. The number of carbonyl (C=O) groups is 1. The number of H-pyrrole nitrogens is 1. The summed E-state index contributed by atoms with van der Waals surface area (Å²) in [7, 11) is 0. The van der Waals surface area contributed by atoms with Crippen molar-refractivity contribution < 1.29 is 18.0 Å². The molecule has 1 aromatic heterocycles. The van der Waals surface area contributed by atoms with Crippen molar-refractivity contribution in [3.63, 3.8) is 0 Å². The third-order valence-electron chi connectivity index (χ3n) is 6.21. The zero-order chi connectivity index (χ0) is 21.6. The van der Waals surface area contributed by atoms with Crippen molar-refractivity contribution in [2.75, 3.05) is 26.2 Å². The number of likely N-dealkylation sites (tertiary alicyclic amines) is 1. The lowest BCUT2D eigenvalue weighted by Crippen LogP contribution is -2.56. The van der Waals surface area contributed by atoms with Crippen LogP contribution in [0.2, 0.25) is 5.02 Å². The summed E-state index contributed by atoms with van der Waals surface area (Å²) in [5.41, 5.74) is 3.32. The maximum atomic E-state index is 13.2. The standard InChI is InChI=1S/C22H27ClF3N3O/c1-13(2)9-19-20-16(17-10-15(23)3-4-18(17)27-20)5-7-29(19)21(30)14-11-28(12-14)8-6-22(24,25)26/h3-4,10,13-14,19,27H,5-9,11-12H2,1-2H3. The fourth-order valence-electron chi connectivity index (χ4n) is 4.72. The molecule has 1 aromatic carbocycles. The largest absolute Gasteiger partial charge is 0.390 e. The van der Waals surface area contributed by atoms with E-state index >= 15 is 0 Å². The first kappa shape index (κ1) is 21.5. The Bertz CT molecular complexity index is 934. The molecule has 0 radical (unpaired) electrons. The number of amides is 1. The van der Waals surface area contributed by atoms with Gasteiger partial charge in [0.15, 0.2) is 0 Å². The summed E-state index contributed by atoms with van der Waals surface area (Å²) in [6, 6.07) is 5.76. The quantitative estimate of drug-likeness (QED) is 0.694. The third-order valence-corrected chi connectivity index (χ3v) is 6.44. The molecule has 3 heterocycles. The van der Waals surface area contributed by atoms with Gasteiger partial charge in [-0.2, -0.15) is 13.2 Å². The Kier molecular flexibility index (Phi) is 5.79. The predicted octanol–water partition coefficient (Wildman–Crippen LogP) is 5.18. The maximum absolute atomic E-state index is 13.2. The lowest BCUT2D eigenvalue weighted by Gasteiger charge is -2.44. The van der Waals surface area contributed by atoms with Gasteiger partial charge < -0.3 is 14.8 Å². The molecule has 1 N–H and O–H groups in total. The smallest absolute Gasteiger partial charge is 0.356 e. The second-order valence-electron chi connectivity index (χ2n) is 8.96. The molecule has 1 atom stereocenters. The minimum atomic E-state index is -4.15. The number of fused-ring (bicyclic) bond motifs is 3. The number of hydrogen-bond donors (Lipinski definition) is 1. The maximum Gasteiger partial charge on any atom is 0.390 e. The van der Waals surface area contributed by atoms with Gasteiger partial charge in [-0.05, 0) is 42.5 Å². The number of aromatic nitrogens is 1. The molecule has 2 aliphatic rings. The van der Waals surface area contributed by atoms with Gasteiger partial charge in [-0.3, -0.25) is 4.79 Å². The van der Waals surface area contributed by atoms with Crippen LogP contribution >= 0.6 is 11.6 Å². The normalized spacial score (nSPS) is 20.6. The van der Waals surface area contributed by atoms with Gasteiger partial charge in [0.2, 0.25) is 5.91 Å². The number of rotatable bonds is 5. The van der Waals surface area contributed by atoms with E-state index in [0.717, 1.165) is 29.4 Å². The highest BCUT2D eigenvalue weighted by atomic mass is 35.5. The zero-order valence-corrected chi connectivity index (χ0v) is 18.0. The topological polar surface area (TPSA) is 39.3 Å². The summed E-state index contributed by atoms with van der Waals surface area (Å²) in [6.45, 7) is 5.69. The first-order valence-electron chi connectivity index (χ1n) is 10.5. The molecule has 4 nitrogen and oxygen atoms in total. The number of aromatic amines is 1. The average molecular weight is 442 g/mol. The molecule has 1 saturated heterocycles. The van der Waals surface area contributed by atoms with Crippen molar-refractivity contribution in [2.45, 2.75) is 45.3 Å². The van der Waals surface area contributed by atoms with Crippen molar-refractivity contribution in [3.05, 3.63) is 34.5 Å². The molecule has 0 spiro atoms. The number of hydrogen-bond acceptors (Lipinski definition) is 2. The number of benzene rings is 1. The van der Waals surface area contributed by atoms with Gasteiger partial charge in [-0.15, -0.1) is 0 Å². The van der Waals surface area contributed by atoms with Crippen LogP contribution in [0.1, 0.15) is 44.0 Å². The van der Waals surface area contributed by atoms with Crippen LogP contribution in [0.4, 0.5) is 13.2 Å². The fraction of sp³-hybridized carbons (Fsp3) is 0.591. The molecule has 164 valence electrons. The molecule has 2 aromatic rings. The van der Waals surface area contributed by atoms with Gasteiger partial charge in [-0.25, -0.2) is 0 Å². The predicted molar refractivity (Wildman–Crippen MR) is 112 cm³/mol. The Hall–Kier alpha value is -1.73. The molecule has 8 heteroatoms. The number of halogens is 4. The number of nitrogens with one attached hydrogen (secondary N) is 1. The van der Waals surface area contributed by atoms with Crippen LogP contribution in [0.5, 0.6) is 0 Å². The van der Waals surface area contributed by atoms with E-state index < -0.39 is 12.6 Å². The Morgan fingerprint density at radius 2 is 2.03 bits per heavy atom. The van der Waals surface area contributed by atoms with Crippen molar-refractivity contribution in [1.29, 1.82) is 0 Å². The van der Waals surface area contributed by atoms with E-state index in [-0.39, 0.29) is 24.4 Å².